The van der Waals surface area contributed by atoms with Crippen molar-refractivity contribution in [1.29, 1.82) is 0 Å². The molecule has 0 heterocycles. The average molecular weight is 332 g/mol. The van der Waals surface area contributed by atoms with Crippen molar-refractivity contribution in [3.05, 3.63) is 65.0 Å². The second-order valence-corrected chi connectivity index (χ2v) is 4.60. The molecular formula is C17H13FO6. The number of carbonyl (C=O) groups is 3. The highest BCUT2D eigenvalue weighted by Gasteiger charge is 2.18. The molecule has 0 aromatic heterocycles. The first-order valence-electron chi connectivity index (χ1n) is 6.74. The smallest absolute Gasteiger partial charge is 0.346 e. The molecule has 0 saturated carbocycles. The first-order valence-corrected chi connectivity index (χ1v) is 6.74. The van der Waals surface area contributed by atoms with Crippen molar-refractivity contribution in [2.75, 3.05) is 14.2 Å². The first kappa shape index (κ1) is 17.1. The molecule has 0 radical (unpaired) electrons. The summed E-state index contributed by atoms with van der Waals surface area (Å²) in [6.07, 6.45) is 0. The van der Waals surface area contributed by atoms with Crippen LogP contribution in [0.4, 0.5) is 4.39 Å². The van der Waals surface area contributed by atoms with Crippen molar-refractivity contribution in [2.24, 2.45) is 0 Å². The third kappa shape index (κ3) is 3.75. The van der Waals surface area contributed by atoms with Gasteiger partial charge in [0.15, 0.2) is 0 Å². The van der Waals surface area contributed by atoms with Gasteiger partial charge in [0, 0.05) is 0 Å². The lowest BCUT2D eigenvalue weighted by molar-refractivity contribution is 0.0593. The maximum Gasteiger partial charge on any atom is 0.346 e. The Morgan fingerprint density at radius 3 is 1.88 bits per heavy atom. The molecule has 0 aliphatic rings. The van der Waals surface area contributed by atoms with Crippen LogP contribution in [-0.2, 0) is 9.47 Å². The zero-order valence-corrected chi connectivity index (χ0v) is 12.9. The standard InChI is InChI=1S/C17H13FO6/c1-22-15(19)10-7-11(16(20)23-2)9-12(8-10)24-17(21)13-5-3-4-6-14(13)18/h3-9H,1-2H3. The Kier molecular flexibility index (Phi) is 5.26. The van der Waals surface area contributed by atoms with Crippen LogP contribution in [0.5, 0.6) is 5.75 Å². The van der Waals surface area contributed by atoms with Crippen molar-refractivity contribution >= 4 is 17.9 Å². The van der Waals surface area contributed by atoms with Crippen LogP contribution in [0.2, 0.25) is 0 Å². The van der Waals surface area contributed by atoms with E-state index in [-0.39, 0.29) is 22.4 Å². The van der Waals surface area contributed by atoms with Gasteiger partial charge >= 0.3 is 17.9 Å². The molecule has 0 atom stereocenters. The molecule has 7 heteroatoms. The summed E-state index contributed by atoms with van der Waals surface area (Å²) in [6, 6.07) is 8.92. The van der Waals surface area contributed by atoms with E-state index in [0.29, 0.717) is 0 Å². The Bertz CT molecular complexity index is 765. The summed E-state index contributed by atoms with van der Waals surface area (Å²) in [5.41, 5.74) is -0.311. The van der Waals surface area contributed by atoms with Gasteiger partial charge in [-0.2, -0.15) is 0 Å². The zero-order chi connectivity index (χ0) is 17.7. The fourth-order valence-electron chi connectivity index (χ4n) is 1.92. The number of carbonyl (C=O) groups excluding carboxylic acids is 3. The minimum absolute atomic E-state index is 0.0169. The molecule has 0 fully saturated rings. The van der Waals surface area contributed by atoms with Crippen LogP contribution in [-0.4, -0.2) is 32.1 Å². The lowest BCUT2D eigenvalue weighted by atomic mass is 10.1. The largest absolute Gasteiger partial charge is 0.465 e. The van der Waals surface area contributed by atoms with E-state index in [0.717, 1.165) is 20.3 Å². The predicted octanol–water partition coefficient (Wildman–Crippen LogP) is 2.62. The summed E-state index contributed by atoms with van der Waals surface area (Å²) < 4.78 is 27.8. The molecule has 0 amide bonds. The van der Waals surface area contributed by atoms with Crippen LogP contribution < -0.4 is 4.74 Å². The van der Waals surface area contributed by atoms with Gasteiger partial charge in [-0.3, -0.25) is 0 Å². The van der Waals surface area contributed by atoms with Gasteiger partial charge in [-0.1, -0.05) is 12.1 Å². The SMILES string of the molecule is COC(=O)c1cc(OC(=O)c2ccccc2F)cc(C(=O)OC)c1. The molecule has 0 aliphatic carbocycles. The Morgan fingerprint density at radius 2 is 1.38 bits per heavy atom. The molecule has 2 aromatic carbocycles. The highest BCUT2D eigenvalue weighted by molar-refractivity contribution is 5.97. The lowest BCUT2D eigenvalue weighted by Gasteiger charge is -2.09. The van der Waals surface area contributed by atoms with Crippen LogP contribution >= 0.6 is 0 Å². The molecule has 24 heavy (non-hydrogen) atoms. The molecule has 0 aliphatic heterocycles. The van der Waals surface area contributed by atoms with E-state index in [4.69, 9.17) is 4.74 Å². The fraction of sp³-hybridized carbons (Fsp3) is 0.118. The van der Waals surface area contributed by atoms with E-state index in [2.05, 4.69) is 9.47 Å². The normalized spacial score (nSPS) is 9.96. The predicted molar refractivity (Wildman–Crippen MR) is 80.5 cm³/mol. The van der Waals surface area contributed by atoms with Crippen molar-refractivity contribution in [2.45, 2.75) is 0 Å². The average Bonchev–Trinajstić information content (AvgIpc) is 2.60. The zero-order valence-electron chi connectivity index (χ0n) is 12.9. The summed E-state index contributed by atoms with van der Waals surface area (Å²) in [5, 5.41) is 0. The second kappa shape index (κ2) is 7.36. The highest BCUT2D eigenvalue weighted by Crippen LogP contribution is 2.21. The minimum Gasteiger partial charge on any atom is -0.465 e. The highest BCUT2D eigenvalue weighted by atomic mass is 19.1. The number of ether oxygens (including phenoxy) is 3. The molecule has 2 rings (SSSR count). The lowest BCUT2D eigenvalue weighted by Crippen LogP contribution is -2.13. The van der Waals surface area contributed by atoms with Gasteiger partial charge in [0.1, 0.15) is 11.6 Å². The molecule has 6 nitrogen and oxygen atoms in total. The number of rotatable bonds is 4. The number of hydrogen-bond donors (Lipinski definition) is 0. The first-order chi connectivity index (χ1) is 11.5. The molecule has 0 N–H and O–H groups in total. The number of halogens is 1. The molecule has 0 unspecified atom stereocenters. The minimum atomic E-state index is -0.967. The van der Waals surface area contributed by atoms with Crippen LogP contribution in [0.25, 0.3) is 0 Å². The van der Waals surface area contributed by atoms with Crippen LogP contribution in [0.15, 0.2) is 42.5 Å². The van der Waals surface area contributed by atoms with Gasteiger partial charge in [0.25, 0.3) is 0 Å². The van der Waals surface area contributed by atoms with Crippen LogP contribution in [0.1, 0.15) is 31.1 Å². The third-order valence-electron chi connectivity index (χ3n) is 3.05. The topological polar surface area (TPSA) is 78.9 Å². The van der Waals surface area contributed by atoms with Gasteiger partial charge < -0.3 is 14.2 Å². The summed E-state index contributed by atoms with van der Waals surface area (Å²) >= 11 is 0. The summed E-state index contributed by atoms with van der Waals surface area (Å²) in [6.45, 7) is 0. The van der Waals surface area contributed by atoms with E-state index >= 15 is 0 Å². The molecule has 124 valence electrons. The Balaban J connectivity index is 2.38. The maximum atomic E-state index is 13.6. The summed E-state index contributed by atoms with van der Waals surface area (Å²) in [5.74, 6) is -3.30. The monoisotopic (exact) mass is 332 g/mol. The van der Waals surface area contributed by atoms with Gasteiger partial charge in [-0.05, 0) is 30.3 Å². The van der Waals surface area contributed by atoms with Crippen LogP contribution in [0.3, 0.4) is 0 Å². The van der Waals surface area contributed by atoms with Gasteiger partial charge in [-0.15, -0.1) is 0 Å². The van der Waals surface area contributed by atoms with E-state index in [9.17, 15) is 18.8 Å². The number of benzene rings is 2. The summed E-state index contributed by atoms with van der Waals surface area (Å²) in [4.78, 5) is 35.4. The molecule has 2 aromatic rings. The van der Waals surface area contributed by atoms with E-state index in [1.807, 2.05) is 0 Å². The van der Waals surface area contributed by atoms with E-state index in [1.54, 1.807) is 0 Å². The van der Waals surface area contributed by atoms with E-state index in [1.165, 1.54) is 36.4 Å². The Labute approximate surface area is 136 Å². The van der Waals surface area contributed by atoms with Crippen molar-refractivity contribution in [1.82, 2.24) is 0 Å². The number of methoxy groups -OCH3 is 2. The summed E-state index contributed by atoms with van der Waals surface area (Å²) in [7, 11) is 2.33. The number of esters is 3. The van der Waals surface area contributed by atoms with Crippen molar-refractivity contribution in [3.8, 4) is 5.75 Å². The fourth-order valence-corrected chi connectivity index (χ4v) is 1.92. The maximum absolute atomic E-state index is 13.6. The molecular weight excluding hydrogens is 319 g/mol. The molecule has 0 saturated heterocycles. The van der Waals surface area contributed by atoms with Gasteiger partial charge in [0.2, 0.25) is 0 Å². The molecule has 0 bridgehead atoms. The van der Waals surface area contributed by atoms with Gasteiger partial charge in [0.05, 0.1) is 30.9 Å². The molecule has 0 spiro atoms. The quantitative estimate of drug-likeness (QED) is 0.632. The van der Waals surface area contributed by atoms with Crippen molar-refractivity contribution in [3.63, 3.8) is 0 Å². The number of hydrogen-bond acceptors (Lipinski definition) is 6. The van der Waals surface area contributed by atoms with E-state index < -0.39 is 23.7 Å². The Hall–Kier alpha value is -3.22. The second-order valence-electron chi connectivity index (χ2n) is 4.60. The van der Waals surface area contributed by atoms with Crippen LogP contribution in [0, 0.1) is 5.82 Å². The van der Waals surface area contributed by atoms with Crippen molar-refractivity contribution < 1.29 is 33.0 Å². The Morgan fingerprint density at radius 1 is 0.833 bits per heavy atom. The van der Waals surface area contributed by atoms with Gasteiger partial charge in [-0.25, -0.2) is 18.8 Å². The third-order valence-corrected chi connectivity index (χ3v) is 3.05.